The van der Waals surface area contributed by atoms with Crippen LogP contribution in [0.4, 0.5) is 11.4 Å². The first kappa shape index (κ1) is 18.6. The van der Waals surface area contributed by atoms with Crippen LogP contribution in [0.15, 0.2) is 54.6 Å². The molecule has 3 aromatic carbocycles. The highest BCUT2D eigenvalue weighted by Gasteiger charge is 2.26. The maximum Gasteiger partial charge on any atom is 0.263 e. The fourth-order valence-electron chi connectivity index (χ4n) is 2.96. The number of nitrogens with zero attached hydrogens (tertiary/aromatic N) is 1. The lowest BCUT2D eigenvalue weighted by atomic mass is 10.1. The van der Waals surface area contributed by atoms with Gasteiger partial charge in [0.25, 0.3) is 5.91 Å². The number of fused-ring (bicyclic) bond motifs is 2. The minimum atomic E-state index is -0.465. The number of ether oxygens (including phenoxy) is 3. The quantitative estimate of drug-likeness (QED) is 0.611. The molecule has 0 aromatic heterocycles. The lowest BCUT2D eigenvalue weighted by Gasteiger charge is -2.24. The molecule has 0 radical (unpaired) electrons. The summed E-state index contributed by atoms with van der Waals surface area (Å²) in [4.78, 5) is 12.9. The summed E-state index contributed by atoms with van der Waals surface area (Å²) in [7, 11) is 1.55. The first-order valence-corrected chi connectivity index (χ1v) is 8.70. The first-order valence-electron chi connectivity index (χ1n) is 8.70. The topological polar surface area (TPSA) is 103 Å². The van der Waals surface area contributed by atoms with E-state index in [1.54, 1.807) is 43.5 Å². The third kappa shape index (κ3) is 3.66. The maximum absolute atomic E-state index is 12.9. The van der Waals surface area contributed by atoms with Gasteiger partial charge in [0.15, 0.2) is 5.75 Å². The number of amides is 1. The molecule has 0 saturated carbocycles. The number of hydrogen-bond donors (Lipinski definition) is 2. The van der Waals surface area contributed by atoms with E-state index < -0.39 is 5.91 Å². The number of carbonyl (C=O) groups is 1. The summed E-state index contributed by atoms with van der Waals surface area (Å²) in [5, 5.41) is 23.4. The predicted molar refractivity (Wildman–Crippen MR) is 106 cm³/mol. The molecule has 8 heteroatoms. The van der Waals surface area contributed by atoms with Gasteiger partial charge in [-0.05, 0) is 48.9 Å². The van der Waals surface area contributed by atoms with Crippen LogP contribution in [0, 0.1) is 12.1 Å². The zero-order valence-electron chi connectivity index (χ0n) is 15.6. The van der Waals surface area contributed by atoms with Gasteiger partial charge in [-0.1, -0.05) is 6.07 Å². The van der Waals surface area contributed by atoms with Crippen molar-refractivity contribution in [3.63, 3.8) is 0 Å². The molecule has 8 nitrogen and oxygen atoms in total. The average Bonchev–Trinajstić information content (AvgIpc) is 2.83. The Bertz CT molecular complexity index is 1080. The van der Waals surface area contributed by atoms with Crippen molar-refractivity contribution in [2.45, 2.75) is 6.92 Å². The monoisotopic (exact) mass is 393 g/mol. The van der Waals surface area contributed by atoms with E-state index in [0.29, 0.717) is 22.9 Å². The zero-order valence-corrected chi connectivity index (χ0v) is 15.6. The fraction of sp³-hybridized carbons (Fsp3) is 0.0952. The van der Waals surface area contributed by atoms with Crippen LogP contribution in [-0.4, -0.2) is 18.2 Å². The highest BCUT2D eigenvalue weighted by molar-refractivity contribution is 6.10. The Hall–Kier alpha value is -3.75. The van der Waals surface area contributed by atoms with Gasteiger partial charge in [0.05, 0.1) is 18.5 Å². The fourth-order valence-corrected chi connectivity index (χ4v) is 2.96. The van der Waals surface area contributed by atoms with Crippen molar-refractivity contribution in [2.75, 3.05) is 17.7 Å². The van der Waals surface area contributed by atoms with E-state index >= 15 is 0 Å². The summed E-state index contributed by atoms with van der Waals surface area (Å²) in [6, 6.07) is 14.6. The average molecular weight is 393 g/mol. The molecule has 1 heterocycles. The van der Waals surface area contributed by atoms with Crippen molar-refractivity contribution in [3.05, 3.63) is 70.9 Å². The lowest BCUT2D eigenvalue weighted by molar-refractivity contribution is 0.102. The molecule has 0 unspecified atom stereocenters. The molecular weight excluding hydrogens is 376 g/mol. The number of hydrogen-bond acceptors (Lipinski definition) is 7. The third-order valence-corrected chi connectivity index (χ3v) is 4.39. The molecular formula is C21H17N2O6-. The molecule has 4 rings (SSSR count). The SMILES string of the molecule is COc1ccc(Oc2cc(N([O-])O)cc3c2C(=O)Nc2ccc(C)cc2O3)cc1. The van der Waals surface area contributed by atoms with E-state index in [2.05, 4.69) is 5.32 Å². The molecule has 1 amide bonds. The molecule has 0 saturated heterocycles. The van der Waals surface area contributed by atoms with Gasteiger partial charge in [0.2, 0.25) is 0 Å². The normalized spacial score (nSPS) is 12.1. The van der Waals surface area contributed by atoms with Crippen molar-refractivity contribution < 1.29 is 24.2 Å². The Morgan fingerprint density at radius 3 is 2.45 bits per heavy atom. The van der Waals surface area contributed by atoms with Crippen LogP contribution >= 0.6 is 0 Å². The van der Waals surface area contributed by atoms with Crippen LogP contribution in [0.5, 0.6) is 28.7 Å². The van der Waals surface area contributed by atoms with Crippen LogP contribution in [0.2, 0.25) is 0 Å². The van der Waals surface area contributed by atoms with Crippen LogP contribution in [0.25, 0.3) is 0 Å². The predicted octanol–water partition coefficient (Wildman–Crippen LogP) is 4.85. The summed E-state index contributed by atoms with van der Waals surface area (Å²) in [5.74, 6) is 1.14. The van der Waals surface area contributed by atoms with E-state index in [1.807, 2.05) is 13.0 Å². The minimum Gasteiger partial charge on any atom is -0.733 e. The molecule has 0 spiro atoms. The third-order valence-electron chi connectivity index (χ3n) is 4.39. The molecule has 1 aliphatic rings. The number of methoxy groups -OCH3 is 1. The highest BCUT2D eigenvalue weighted by Crippen LogP contribution is 2.43. The standard InChI is InChI=1S/C21H17N2O6/c1-12-3-8-16-17(9-12)29-19-11-13(23(25)26)10-18(20(19)21(24)22-16)28-15-6-4-14(27-2)5-7-15/h3-11,25H,1-2H3,(H,22,24)/q-1. The van der Waals surface area contributed by atoms with Crippen molar-refractivity contribution >= 4 is 17.3 Å². The Labute approximate surface area is 166 Å². The summed E-state index contributed by atoms with van der Waals surface area (Å²) < 4.78 is 16.9. The smallest absolute Gasteiger partial charge is 0.263 e. The van der Waals surface area contributed by atoms with Crippen molar-refractivity contribution in [2.24, 2.45) is 0 Å². The summed E-state index contributed by atoms with van der Waals surface area (Å²) in [6.07, 6.45) is 0. The van der Waals surface area contributed by atoms with Crippen molar-refractivity contribution in [1.29, 1.82) is 0 Å². The van der Waals surface area contributed by atoms with Crippen LogP contribution in [-0.2, 0) is 0 Å². The Kier molecular flexibility index (Phi) is 4.71. The number of anilines is 2. The molecule has 0 atom stereocenters. The van der Waals surface area contributed by atoms with Gasteiger partial charge < -0.3 is 30.0 Å². The van der Waals surface area contributed by atoms with Crippen LogP contribution in [0.1, 0.15) is 15.9 Å². The number of carbonyl (C=O) groups excluding carboxylic acids is 1. The number of benzene rings is 3. The van der Waals surface area contributed by atoms with E-state index in [4.69, 9.17) is 14.2 Å². The van der Waals surface area contributed by atoms with Crippen molar-refractivity contribution in [1.82, 2.24) is 0 Å². The van der Waals surface area contributed by atoms with E-state index in [1.165, 1.54) is 12.1 Å². The second-order valence-electron chi connectivity index (χ2n) is 6.42. The van der Waals surface area contributed by atoms with Gasteiger partial charge in [-0.25, -0.2) is 0 Å². The lowest BCUT2D eigenvalue weighted by Crippen LogP contribution is -2.13. The minimum absolute atomic E-state index is 0.0552. The highest BCUT2D eigenvalue weighted by atomic mass is 16.8. The van der Waals surface area contributed by atoms with Gasteiger partial charge in [-0.15, -0.1) is 0 Å². The van der Waals surface area contributed by atoms with Crippen LogP contribution in [0.3, 0.4) is 0 Å². The summed E-state index contributed by atoms with van der Waals surface area (Å²) >= 11 is 0. The van der Waals surface area contributed by atoms with Crippen molar-refractivity contribution in [3.8, 4) is 28.7 Å². The molecule has 0 aliphatic carbocycles. The van der Waals surface area contributed by atoms with Gasteiger partial charge in [-0.2, -0.15) is 0 Å². The van der Waals surface area contributed by atoms with Crippen LogP contribution < -0.4 is 24.8 Å². The largest absolute Gasteiger partial charge is 0.733 e. The molecule has 148 valence electrons. The zero-order chi connectivity index (χ0) is 20.5. The molecule has 0 bridgehead atoms. The molecule has 0 fully saturated rings. The van der Waals surface area contributed by atoms with Gasteiger partial charge >= 0.3 is 0 Å². The Balaban J connectivity index is 1.82. The van der Waals surface area contributed by atoms with E-state index in [0.717, 1.165) is 5.56 Å². The van der Waals surface area contributed by atoms with Gasteiger partial charge in [0.1, 0.15) is 28.6 Å². The van der Waals surface area contributed by atoms with Gasteiger partial charge in [-0.3, -0.25) is 10.0 Å². The first-order chi connectivity index (χ1) is 13.9. The van der Waals surface area contributed by atoms with E-state index in [9.17, 15) is 15.2 Å². The van der Waals surface area contributed by atoms with Gasteiger partial charge in [0, 0.05) is 12.1 Å². The summed E-state index contributed by atoms with van der Waals surface area (Å²) in [5.41, 5.74) is 1.37. The second kappa shape index (κ2) is 7.34. The number of nitrogens with one attached hydrogen (secondary N) is 1. The van der Waals surface area contributed by atoms with E-state index in [-0.39, 0.29) is 28.0 Å². The molecule has 3 aromatic rings. The molecule has 1 aliphatic heterocycles. The Morgan fingerprint density at radius 1 is 1.03 bits per heavy atom. The Morgan fingerprint density at radius 2 is 1.76 bits per heavy atom. The maximum atomic E-state index is 12.9. The summed E-state index contributed by atoms with van der Waals surface area (Å²) in [6.45, 7) is 1.89. The second-order valence-corrected chi connectivity index (χ2v) is 6.42. The molecule has 29 heavy (non-hydrogen) atoms. The number of aryl methyl sites for hydroxylation is 1. The number of rotatable bonds is 4. The molecule has 2 N–H and O–H groups in total.